The number of carbonyl (C=O) groups is 10. The molecule has 6 aromatic carbocycles. The van der Waals surface area contributed by atoms with Crippen molar-refractivity contribution in [2.75, 3.05) is 52.4 Å². The Morgan fingerprint density at radius 3 is 1.06 bits per heavy atom. The summed E-state index contributed by atoms with van der Waals surface area (Å²) in [6.45, 7) is 32.3. The average Bonchev–Trinajstić information content (AvgIpc) is 1.60. The molecule has 14 rings (SSSR count). The summed E-state index contributed by atoms with van der Waals surface area (Å²) in [5.74, 6) is -1.77. The smallest absolute Gasteiger partial charge is 0.410 e. The predicted molar refractivity (Wildman–Crippen MR) is 584 cm³/mol. The van der Waals surface area contributed by atoms with Crippen molar-refractivity contribution in [3.05, 3.63) is 204 Å². The molecule has 38 heteroatoms. The third-order valence-electron chi connectivity index (χ3n) is 26.0. The maximum absolute atomic E-state index is 13.4. The fraction of sp³-hybridized carbons (Fsp3) is 0.500. The van der Waals surface area contributed by atoms with Crippen LogP contribution < -0.4 is 48.3 Å². The first kappa shape index (κ1) is 120. The van der Waals surface area contributed by atoms with Crippen LogP contribution in [0.1, 0.15) is 253 Å². The van der Waals surface area contributed by atoms with E-state index in [1.54, 1.807) is 51.7 Å². The van der Waals surface area contributed by atoms with E-state index in [9.17, 15) is 75.1 Å². The minimum absolute atomic E-state index is 0.00281. The van der Waals surface area contributed by atoms with E-state index in [0.29, 0.717) is 99.7 Å². The van der Waals surface area contributed by atoms with Crippen LogP contribution in [-0.2, 0) is 75.9 Å². The number of para-hydroxylation sites is 4. The van der Waals surface area contributed by atoms with Gasteiger partial charge in [0.05, 0.1) is 16.0 Å². The van der Waals surface area contributed by atoms with Gasteiger partial charge in [-0.2, -0.15) is 14.8 Å². The number of aliphatic carboxylic acids is 1. The lowest BCUT2D eigenvalue weighted by Gasteiger charge is -2.26. The van der Waals surface area contributed by atoms with Crippen LogP contribution in [-0.4, -0.2) is 226 Å². The lowest BCUT2D eigenvalue weighted by Crippen LogP contribution is -2.50. The first-order chi connectivity index (χ1) is 70.8. The minimum Gasteiger partial charge on any atom is -0.480 e. The molecule has 0 spiro atoms. The van der Waals surface area contributed by atoms with Crippen LogP contribution in [0.4, 0.5) is 9.59 Å². The summed E-state index contributed by atoms with van der Waals surface area (Å²) >= 11 is 0. The van der Waals surface area contributed by atoms with Crippen molar-refractivity contribution in [1.29, 1.82) is 10.5 Å². The van der Waals surface area contributed by atoms with E-state index >= 15 is 0 Å². The normalized spacial score (nSPS) is 17.1. The van der Waals surface area contributed by atoms with Crippen molar-refractivity contribution in [3.8, 4) is 12.1 Å². The molecule has 812 valence electrons. The number of hydrogen-bond donors (Lipinski definition) is 10. The first-order valence-electron chi connectivity index (χ1n) is 51.8. The van der Waals surface area contributed by atoms with Crippen molar-refractivity contribution in [1.82, 2.24) is 74.9 Å². The van der Waals surface area contributed by atoms with Crippen LogP contribution in [0.2, 0.25) is 0 Å². The molecule has 8 heterocycles. The predicted octanol–water partition coefficient (Wildman–Crippen LogP) is 16.0. The van der Waals surface area contributed by atoms with Gasteiger partial charge < -0.3 is 90.9 Å². The van der Waals surface area contributed by atoms with E-state index in [4.69, 9.17) is 31.2 Å². The number of carbonyl (C=O) groups excluding carboxylic acids is 9. The van der Waals surface area contributed by atoms with E-state index in [1.807, 2.05) is 239 Å². The molecule has 4 aliphatic rings. The highest BCUT2D eigenvalue weighted by atomic mass is 35.7. The van der Waals surface area contributed by atoms with Crippen LogP contribution in [0, 0.1) is 46.3 Å². The Bertz CT molecular complexity index is 6630. The van der Waals surface area contributed by atoms with Gasteiger partial charge in [0.1, 0.15) is 75.2 Å². The zero-order valence-electron chi connectivity index (χ0n) is 89.8. The Balaban J connectivity index is 0.000000208. The van der Waals surface area contributed by atoms with Crippen LogP contribution in [0.3, 0.4) is 0 Å². The molecule has 11 N–H and O–H groups in total. The summed E-state index contributed by atoms with van der Waals surface area (Å²) in [6.07, 6.45) is 11.1. The van der Waals surface area contributed by atoms with E-state index in [-0.39, 0.29) is 123 Å². The van der Waals surface area contributed by atoms with Gasteiger partial charge in [0, 0.05) is 146 Å². The molecule has 4 fully saturated rings. The van der Waals surface area contributed by atoms with E-state index < -0.39 is 60.4 Å². The molecule has 4 unspecified atom stereocenters. The number of benzene rings is 6. The average molecular weight is 2120 g/mol. The number of carboxylic acids is 1. The molecule has 4 saturated heterocycles. The van der Waals surface area contributed by atoms with Crippen molar-refractivity contribution in [2.24, 2.45) is 57.6 Å². The van der Waals surface area contributed by atoms with Gasteiger partial charge in [0.25, 0.3) is 32.7 Å². The Morgan fingerprint density at radius 2 is 0.713 bits per heavy atom. The molecule has 150 heavy (non-hydrogen) atoms. The molecule has 4 aliphatic heterocycles. The first-order valence-corrected chi connectivity index (χ1v) is 55.5. The monoisotopic (exact) mass is 2120 g/mol. The third kappa shape index (κ3) is 36.0. The number of nitrogens with two attached hydrogens (primary N) is 1. The SMILES string of the molecule is CC(C)(C)OC(=O)N1CCCC(N)CC1.CC(C)C[C@H](NC(=O)c1cc2ccccc2n1C)C(=O)NC1CCCN(C(=O)OC(C)(C)C)CC1.CC(C)C[C@H](NC(=O)c1cc2ccccc2n1C)C(=O)NC1CCCN(S(=O)(=O)c2ccccc2C#N)CC1.CC(C)C[C@H](NC(=O)c1cc2ccccc2n1C)C(=O)NC1CCCNCC1.CC(C)C[C@H](NC(=O)c1cc2ccccc2n1C)C(=O)O.N#Cc1ccccc1S(=O)(=O)Cl. The lowest BCUT2D eigenvalue weighted by atomic mass is 10.0. The van der Waals surface area contributed by atoms with Gasteiger partial charge in [-0.25, -0.2) is 31.2 Å². The summed E-state index contributed by atoms with van der Waals surface area (Å²) < 4.78 is 67.7. The van der Waals surface area contributed by atoms with Crippen molar-refractivity contribution in [3.63, 3.8) is 0 Å². The molecule has 0 aliphatic carbocycles. The maximum Gasteiger partial charge on any atom is 0.410 e. The van der Waals surface area contributed by atoms with Crippen LogP contribution in [0.5, 0.6) is 0 Å². The zero-order chi connectivity index (χ0) is 110. The van der Waals surface area contributed by atoms with E-state index in [2.05, 4.69) is 56.4 Å². The number of halogens is 1. The number of amides is 9. The second-order valence-corrected chi connectivity index (χ2v) is 46.8. The summed E-state index contributed by atoms with van der Waals surface area (Å²) in [6, 6.07) is 51.5. The molecule has 0 saturated carbocycles. The Kier molecular flexibility index (Phi) is 45.0. The second kappa shape index (κ2) is 56.1. The Morgan fingerprint density at radius 1 is 0.407 bits per heavy atom. The van der Waals surface area contributed by atoms with E-state index in [0.717, 1.165) is 121 Å². The van der Waals surface area contributed by atoms with Crippen LogP contribution in [0.25, 0.3) is 43.6 Å². The van der Waals surface area contributed by atoms with E-state index in [1.165, 1.54) is 34.6 Å². The number of nitriles is 2. The third-order valence-corrected chi connectivity index (χ3v) is 29.4. The number of carboxylic acid groups (broad SMARTS) is 1. The quantitative estimate of drug-likeness (QED) is 0.0225. The van der Waals surface area contributed by atoms with Crippen LogP contribution in [0.15, 0.2) is 180 Å². The second-order valence-electron chi connectivity index (χ2n) is 42.4. The summed E-state index contributed by atoms with van der Waals surface area (Å²) in [5.41, 5.74) is 11.0. The molecule has 4 aromatic heterocycles. The number of rotatable bonds is 26. The molecule has 9 amide bonds. The van der Waals surface area contributed by atoms with Crippen molar-refractivity contribution < 1.29 is 79.4 Å². The summed E-state index contributed by atoms with van der Waals surface area (Å²) in [4.78, 5) is 130. The van der Waals surface area contributed by atoms with Gasteiger partial charge in [0.2, 0.25) is 27.7 Å². The molecule has 35 nitrogen and oxygen atoms in total. The standard InChI is InChI=1S/C29H35N5O4S.C27H40N4O4.C22H32N4O2.C16H20N2O3.C11H22N2O2.C7H4ClNO2S/c1-20(2)17-24(32-29(36)26-18-21-9-4-6-12-25(21)33(26)3)28(35)31-23-11-8-15-34(16-14-23)39(37,38)27-13-7-5-10-22(27)19-30;1-18(2)16-21(29-25(33)23-17-19-10-7-8-12-22(19)30(23)6)24(32)28-20-11-9-14-31(15-13-20)26(34)35-27(3,4)5;1-15(2)13-18(21(27)24-17-8-6-11-23-12-10-17)25-22(28)20-14-16-7-4-5-9-19(16)26(20)3;1-10(2)8-12(16(20)21)17-15(19)14-9-11-6-4-5-7-13(11)18(14)3;1-11(2,3)15-10(14)13-7-4-5-9(12)6-8-13;8-12(10,11)7-4-2-1-3-6(7)5-9/h4-7,9-10,12-13,18,20,23-24H,8,11,14-17H2,1-3H3,(H,31,35)(H,32,36);7-8,10,12,17-18,20-21H,9,11,13-16H2,1-6H3,(H,28,32)(H,29,33);4-5,7,9,14-15,17-18,23H,6,8,10-13H2,1-3H3,(H,24,27)(H,25,28);4-7,9-10,12H,8H2,1-3H3,(H,17,19)(H,20,21);9H,4-8,12H2,1-3H3;1-4H/t23?,24-;20?,21-;17?,18-;12-;;/m0000../s1. The number of ether oxygens (including phenoxy) is 2. The number of hydrogen-bond acceptors (Lipinski definition) is 20. The largest absolute Gasteiger partial charge is 0.480 e. The van der Waals surface area contributed by atoms with Gasteiger partial charge >= 0.3 is 18.2 Å². The minimum atomic E-state index is -3.84. The van der Waals surface area contributed by atoms with Crippen molar-refractivity contribution in [2.45, 2.75) is 269 Å². The molecular weight excluding hydrogens is 1970 g/mol. The van der Waals surface area contributed by atoms with Gasteiger partial charge in [-0.3, -0.25) is 33.6 Å². The molecule has 0 radical (unpaired) electrons. The number of fused-ring (bicyclic) bond motifs is 4. The number of nitrogens with zero attached hydrogens (tertiary/aromatic N) is 9. The summed E-state index contributed by atoms with van der Waals surface area (Å²) in [7, 11) is 4.80. The van der Waals surface area contributed by atoms with Crippen LogP contribution >= 0.6 is 10.7 Å². The van der Waals surface area contributed by atoms with Gasteiger partial charge in [0.15, 0.2) is 0 Å². The molecule has 10 aromatic rings. The number of likely N-dealkylation sites (tertiary alicyclic amines) is 2. The van der Waals surface area contributed by atoms with Gasteiger partial charge in [-0.1, -0.05) is 152 Å². The number of sulfonamides is 1. The fourth-order valence-corrected chi connectivity index (χ4v) is 21.0. The number of aromatic nitrogens is 4. The highest BCUT2D eigenvalue weighted by Gasteiger charge is 2.36. The number of aryl methyl sites for hydroxylation is 4. The lowest BCUT2D eigenvalue weighted by molar-refractivity contribution is -0.139. The molecule has 0 bridgehead atoms. The summed E-state index contributed by atoms with van der Waals surface area (Å²) in [5, 5.41) is 55.2. The van der Waals surface area contributed by atoms with Crippen molar-refractivity contribution >= 4 is 133 Å². The highest BCUT2D eigenvalue weighted by molar-refractivity contribution is 8.13. The topological polar surface area (TPSA) is 477 Å². The fourth-order valence-electron chi connectivity index (χ4n) is 18.4. The molecule has 8 atom stereocenters. The van der Waals surface area contributed by atoms with Gasteiger partial charge in [-0.15, -0.1) is 0 Å². The van der Waals surface area contributed by atoms with Gasteiger partial charge in [-0.05, 0) is 254 Å². The zero-order valence-corrected chi connectivity index (χ0v) is 92.2. The Hall–Kier alpha value is -13.2. The Labute approximate surface area is 887 Å². The molecular formula is C112H153ClN18O17S2. The highest BCUT2D eigenvalue weighted by Crippen LogP contribution is 2.30. The maximum atomic E-state index is 13.4. The number of nitrogens with one attached hydrogen (secondary N) is 8.